The van der Waals surface area contributed by atoms with Gasteiger partial charge in [-0.1, -0.05) is 25.0 Å². The standard InChI is InChI=1S/C20H27N7/c1-3-27-12-22-17-18(23-14-8-6-7-13(2)11-14)25-20(26-19(17)27)24-16-10-5-4-9-15(16)21/h6-8,11-12,15-16H,3-5,9-10,21H2,1-2H3,(H2,23,24,25,26)/t15-,16-/m1/s1. The van der Waals surface area contributed by atoms with E-state index < -0.39 is 0 Å². The molecule has 1 saturated carbocycles. The van der Waals surface area contributed by atoms with E-state index in [0.29, 0.717) is 11.8 Å². The molecule has 3 aromatic rings. The fourth-order valence-electron chi connectivity index (χ4n) is 3.69. The van der Waals surface area contributed by atoms with E-state index in [-0.39, 0.29) is 12.1 Å². The van der Waals surface area contributed by atoms with Gasteiger partial charge in [0.1, 0.15) is 0 Å². The van der Waals surface area contributed by atoms with Crippen LogP contribution < -0.4 is 16.4 Å². The summed E-state index contributed by atoms with van der Waals surface area (Å²) in [5.41, 5.74) is 10.1. The number of imidazole rings is 1. The van der Waals surface area contributed by atoms with Crippen LogP contribution in [0, 0.1) is 6.92 Å². The molecule has 0 saturated heterocycles. The summed E-state index contributed by atoms with van der Waals surface area (Å²) in [6.07, 6.45) is 6.30. The van der Waals surface area contributed by atoms with E-state index in [2.05, 4.69) is 41.6 Å². The van der Waals surface area contributed by atoms with Gasteiger partial charge in [-0.2, -0.15) is 9.97 Å². The Morgan fingerprint density at radius 2 is 2.07 bits per heavy atom. The Hall–Kier alpha value is -2.67. The molecule has 1 aromatic carbocycles. The normalized spacial score (nSPS) is 20.0. The molecular formula is C20H27N7. The van der Waals surface area contributed by atoms with Gasteiger partial charge in [0.2, 0.25) is 5.95 Å². The maximum atomic E-state index is 6.30. The summed E-state index contributed by atoms with van der Waals surface area (Å²) >= 11 is 0. The molecular weight excluding hydrogens is 338 g/mol. The smallest absolute Gasteiger partial charge is 0.227 e. The van der Waals surface area contributed by atoms with E-state index >= 15 is 0 Å². The molecule has 4 rings (SSSR count). The first-order valence-electron chi connectivity index (χ1n) is 9.72. The topological polar surface area (TPSA) is 93.7 Å². The molecule has 142 valence electrons. The minimum absolute atomic E-state index is 0.141. The van der Waals surface area contributed by atoms with E-state index in [4.69, 9.17) is 15.7 Å². The van der Waals surface area contributed by atoms with Gasteiger partial charge in [0, 0.05) is 24.3 Å². The molecule has 0 unspecified atom stereocenters. The van der Waals surface area contributed by atoms with Crippen molar-refractivity contribution in [3.05, 3.63) is 36.2 Å². The van der Waals surface area contributed by atoms with Crippen molar-refractivity contribution in [2.75, 3.05) is 10.6 Å². The number of hydrogen-bond acceptors (Lipinski definition) is 6. The van der Waals surface area contributed by atoms with Gasteiger partial charge in [-0.15, -0.1) is 0 Å². The van der Waals surface area contributed by atoms with E-state index in [1.165, 1.54) is 18.4 Å². The molecule has 2 heterocycles. The van der Waals surface area contributed by atoms with Crippen molar-refractivity contribution in [3.8, 4) is 0 Å². The minimum Gasteiger partial charge on any atom is -0.350 e. The van der Waals surface area contributed by atoms with Crippen molar-refractivity contribution in [1.82, 2.24) is 19.5 Å². The quantitative estimate of drug-likeness (QED) is 0.640. The monoisotopic (exact) mass is 365 g/mol. The van der Waals surface area contributed by atoms with Crippen LogP contribution in [-0.2, 0) is 6.54 Å². The number of nitrogens with one attached hydrogen (secondary N) is 2. The second-order valence-corrected chi connectivity index (χ2v) is 7.29. The lowest BCUT2D eigenvalue weighted by Crippen LogP contribution is -2.43. The van der Waals surface area contributed by atoms with Crippen molar-refractivity contribution < 1.29 is 0 Å². The predicted molar refractivity (Wildman–Crippen MR) is 109 cm³/mol. The maximum Gasteiger partial charge on any atom is 0.227 e. The number of fused-ring (bicyclic) bond motifs is 1. The largest absolute Gasteiger partial charge is 0.350 e. The zero-order chi connectivity index (χ0) is 18.8. The third-order valence-electron chi connectivity index (χ3n) is 5.22. The summed E-state index contributed by atoms with van der Waals surface area (Å²) in [5, 5.41) is 6.89. The number of hydrogen-bond donors (Lipinski definition) is 3. The third kappa shape index (κ3) is 3.73. The van der Waals surface area contributed by atoms with Crippen LogP contribution in [0.25, 0.3) is 11.2 Å². The van der Waals surface area contributed by atoms with Crippen LogP contribution in [0.1, 0.15) is 38.2 Å². The first-order valence-corrected chi connectivity index (χ1v) is 9.72. The van der Waals surface area contributed by atoms with Gasteiger partial charge in [-0.05, 0) is 44.4 Å². The number of anilines is 3. The van der Waals surface area contributed by atoms with Gasteiger partial charge in [0.05, 0.1) is 6.33 Å². The Kier molecular flexibility index (Phi) is 4.94. The molecule has 7 heteroatoms. The van der Waals surface area contributed by atoms with E-state index in [0.717, 1.165) is 36.2 Å². The number of nitrogens with two attached hydrogens (primary N) is 1. The number of aromatic nitrogens is 4. The van der Waals surface area contributed by atoms with Gasteiger partial charge >= 0.3 is 0 Å². The van der Waals surface area contributed by atoms with Crippen LogP contribution in [0.2, 0.25) is 0 Å². The van der Waals surface area contributed by atoms with Gasteiger partial charge < -0.3 is 20.9 Å². The highest BCUT2D eigenvalue weighted by Crippen LogP contribution is 2.26. The van der Waals surface area contributed by atoms with Crippen LogP contribution in [-0.4, -0.2) is 31.6 Å². The lowest BCUT2D eigenvalue weighted by Gasteiger charge is -2.29. The fourth-order valence-corrected chi connectivity index (χ4v) is 3.69. The molecule has 0 aliphatic heterocycles. The van der Waals surface area contributed by atoms with Crippen LogP contribution in [0.15, 0.2) is 30.6 Å². The van der Waals surface area contributed by atoms with Crippen LogP contribution >= 0.6 is 0 Å². The summed E-state index contributed by atoms with van der Waals surface area (Å²) < 4.78 is 2.03. The van der Waals surface area contributed by atoms with Crippen molar-refractivity contribution in [1.29, 1.82) is 0 Å². The average Bonchev–Trinajstić information content (AvgIpc) is 3.07. The van der Waals surface area contributed by atoms with Gasteiger partial charge in [-0.3, -0.25) is 0 Å². The van der Waals surface area contributed by atoms with Gasteiger partial charge in [-0.25, -0.2) is 4.98 Å². The first-order chi connectivity index (χ1) is 13.1. The highest BCUT2D eigenvalue weighted by Gasteiger charge is 2.23. The minimum atomic E-state index is 0.141. The van der Waals surface area contributed by atoms with Crippen molar-refractivity contribution in [3.63, 3.8) is 0 Å². The van der Waals surface area contributed by atoms with Gasteiger partial charge in [0.15, 0.2) is 17.0 Å². The molecule has 0 spiro atoms. The van der Waals surface area contributed by atoms with Crippen LogP contribution in [0.3, 0.4) is 0 Å². The summed E-state index contributed by atoms with van der Waals surface area (Å²) in [4.78, 5) is 14.0. The Balaban J connectivity index is 1.71. The lowest BCUT2D eigenvalue weighted by atomic mass is 9.91. The molecule has 1 aliphatic rings. The fraction of sp³-hybridized carbons (Fsp3) is 0.450. The average molecular weight is 365 g/mol. The maximum absolute atomic E-state index is 6.30. The van der Waals surface area contributed by atoms with Crippen molar-refractivity contribution in [2.45, 2.75) is 58.2 Å². The molecule has 7 nitrogen and oxygen atoms in total. The SMILES string of the molecule is CCn1cnc2c(Nc3cccc(C)c3)nc(N[C@@H]3CCCC[C@H]3N)nc21. The highest BCUT2D eigenvalue weighted by atomic mass is 15.2. The molecule has 1 fully saturated rings. The van der Waals surface area contributed by atoms with Crippen molar-refractivity contribution >= 4 is 28.6 Å². The summed E-state index contributed by atoms with van der Waals surface area (Å²) in [5.74, 6) is 1.32. The van der Waals surface area contributed by atoms with Gasteiger partial charge in [0.25, 0.3) is 0 Å². The van der Waals surface area contributed by atoms with E-state index in [1.54, 1.807) is 0 Å². The number of benzene rings is 1. The molecule has 2 aromatic heterocycles. The Morgan fingerprint density at radius 3 is 2.85 bits per heavy atom. The summed E-state index contributed by atoms with van der Waals surface area (Å²) in [6, 6.07) is 8.57. The Bertz CT molecular complexity index is 933. The molecule has 4 N–H and O–H groups in total. The molecule has 1 aliphatic carbocycles. The third-order valence-corrected chi connectivity index (χ3v) is 5.22. The van der Waals surface area contributed by atoms with Crippen molar-refractivity contribution in [2.24, 2.45) is 5.73 Å². The van der Waals surface area contributed by atoms with E-state index in [1.807, 2.05) is 23.0 Å². The molecule has 2 atom stereocenters. The number of rotatable bonds is 5. The van der Waals surface area contributed by atoms with E-state index in [9.17, 15) is 0 Å². The second-order valence-electron chi connectivity index (χ2n) is 7.29. The number of aryl methyl sites for hydroxylation is 2. The zero-order valence-electron chi connectivity index (χ0n) is 15.9. The first kappa shape index (κ1) is 17.7. The second kappa shape index (κ2) is 7.52. The summed E-state index contributed by atoms with van der Waals surface area (Å²) in [6.45, 7) is 4.96. The zero-order valence-corrected chi connectivity index (χ0v) is 15.9. The molecule has 0 radical (unpaired) electrons. The molecule has 0 amide bonds. The lowest BCUT2D eigenvalue weighted by molar-refractivity contribution is 0.402. The molecule has 27 heavy (non-hydrogen) atoms. The summed E-state index contributed by atoms with van der Waals surface area (Å²) in [7, 11) is 0. The van der Waals surface area contributed by atoms with Crippen LogP contribution in [0.4, 0.5) is 17.5 Å². The Morgan fingerprint density at radius 1 is 1.22 bits per heavy atom. The Labute approximate surface area is 159 Å². The van der Waals surface area contributed by atoms with Crippen LogP contribution in [0.5, 0.6) is 0 Å². The number of nitrogens with zero attached hydrogens (tertiary/aromatic N) is 4. The highest BCUT2D eigenvalue weighted by molar-refractivity contribution is 5.86. The predicted octanol–water partition coefficient (Wildman–Crippen LogP) is 3.58. The molecule has 0 bridgehead atoms.